The predicted molar refractivity (Wildman–Crippen MR) is 85.0 cm³/mol. The molecule has 0 unspecified atom stereocenters. The fraction of sp³-hybridized carbons (Fsp3) is 0.188. The van der Waals surface area contributed by atoms with Crippen LogP contribution in [0.15, 0.2) is 48.5 Å². The fourth-order valence-electron chi connectivity index (χ4n) is 2.03. The van der Waals surface area contributed by atoms with Gasteiger partial charge in [0.15, 0.2) is 0 Å². The highest BCUT2D eigenvalue weighted by Crippen LogP contribution is 2.24. The number of methoxy groups -OCH3 is 1. The average Bonchev–Trinajstić information content (AvgIpc) is 2.47. The Bertz CT molecular complexity index is 631. The lowest BCUT2D eigenvalue weighted by atomic mass is 10.1. The van der Waals surface area contributed by atoms with Crippen LogP contribution in [0.2, 0.25) is 5.02 Å². The van der Waals surface area contributed by atoms with E-state index in [1.165, 1.54) is 0 Å². The van der Waals surface area contributed by atoms with Gasteiger partial charge in [0.1, 0.15) is 5.75 Å². The number of para-hydroxylation sites is 1. The number of nitrogens with one attached hydrogen (secondary N) is 2. The summed E-state index contributed by atoms with van der Waals surface area (Å²) in [6, 6.07) is 14.1. The normalized spacial score (nSPS) is 11.6. The molecule has 2 aromatic carbocycles. The van der Waals surface area contributed by atoms with Crippen molar-refractivity contribution < 1.29 is 9.53 Å². The topological polar surface area (TPSA) is 50.4 Å². The summed E-state index contributed by atoms with van der Waals surface area (Å²) in [6.45, 7) is 1.90. The van der Waals surface area contributed by atoms with Gasteiger partial charge < -0.3 is 15.4 Å². The molecule has 110 valence electrons. The van der Waals surface area contributed by atoms with Crippen molar-refractivity contribution in [1.82, 2.24) is 5.32 Å². The molecule has 2 aromatic rings. The molecule has 4 nitrogen and oxygen atoms in total. The Kier molecular flexibility index (Phi) is 5.06. The van der Waals surface area contributed by atoms with Crippen molar-refractivity contribution >= 4 is 23.3 Å². The molecule has 0 aliphatic heterocycles. The van der Waals surface area contributed by atoms with Gasteiger partial charge in [-0.25, -0.2) is 4.79 Å². The van der Waals surface area contributed by atoms with E-state index in [0.717, 1.165) is 11.3 Å². The van der Waals surface area contributed by atoms with Crippen LogP contribution in [-0.2, 0) is 0 Å². The van der Waals surface area contributed by atoms with E-state index < -0.39 is 0 Å². The summed E-state index contributed by atoms with van der Waals surface area (Å²) < 4.78 is 5.29. The van der Waals surface area contributed by atoms with Gasteiger partial charge >= 0.3 is 6.03 Å². The second-order valence-corrected chi connectivity index (χ2v) is 5.01. The van der Waals surface area contributed by atoms with E-state index in [9.17, 15) is 4.79 Å². The highest BCUT2D eigenvalue weighted by Gasteiger charge is 2.13. The summed E-state index contributed by atoms with van der Waals surface area (Å²) in [5.74, 6) is 0.744. The molecule has 2 amide bonds. The number of halogens is 1. The summed E-state index contributed by atoms with van der Waals surface area (Å²) in [7, 11) is 1.61. The van der Waals surface area contributed by atoms with Gasteiger partial charge in [0.25, 0.3) is 0 Å². The molecule has 0 bridgehead atoms. The van der Waals surface area contributed by atoms with Crippen molar-refractivity contribution in [3.05, 3.63) is 59.1 Å². The molecule has 0 heterocycles. The number of anilines is 1. The maximum atomic E-state index is 12.0. The lowest BCUT2D eigenvalue weighted by Gasteiger charge is -2.17. The summed E-state index contributed by atoms with van der Waals surface area (Å²) in [5, 5.41) is 6.19. The Hall–Kier alpha value is -2.20. The highest BCUT2D eigenvalue weighted by atomic mass is 35.5. The van der Waals surface area contributed by atoms with E-state index in [-0.39, 0.29) is 12.1 Å². The number of ether oxygens (including phenoxy) is 1. The van der Waals surface area contributed by atoms with Gasteiger partial charge in [-0.1, -0.05) is 35.9 Å². The molecule has 0 aliphatic carbocycles. The average molecular weight is 305 g/mol. The number of benzene rings is 2. The molecule has 0 spiro atoms. The van der Waals surface area contributed by atoms with Crippen LogP contribution >= 0.6 is 11.6 Å². The Morgan fingerprint density at radius 3 is 2.67 bits per heavy atom. The van der Waals surface area contributed by atoms with Gasteiger partial charge in [-0.3, -0.25) is 0 Å². The number of hydrogen-bond donors (Lipinski definition) is 2. The highest BCUT2D eigenvalue weighted by molar-refractivity contribution is 6.30. The van der Waals surface area contributed by atoms with Crippen molar-refractivity contribution in [3.63, 3.8) is 0 Å². The molecule has 0 saturated carbocycles. The minimum atomic E-state index is -0.296. The van der Waals surface area contributed by atoms with Crippen LogP contribution in [-0.4, -0.2) is 13.1 Å². The molecule has 2 rings (SSSR count). The van der Waals surface area contributed by atoms with Crippen LogP contribution in [0.4, 0.5) is 10.5 Å². The Balaban J connectivity index is 2.02. The second kappa shape index (κ2) is 6.99. The van der Waals surface area contributed by atoms with Gasteiger partial charge in [-0.15, -0.1) is 0 Å². The van der Waals surface area contributed by atoms with Crippen LogP contribution < -0.4 is 15.4 Å². The first-order valence-corrected chi connectivity index (χ1v) is 6.94. The smallest absolute Gasteiger partial charge is 0.319 e. The van der Waals surface area contributed by atoms with E-state index in [4.69, 9.17) is 16.3 Å². The first-order valence-electron chi connectivity index (χ1n) is 6.56. The molecule has 0 aromatic heterocycles. The minimum absolute atomic E-state index is 0.180. The lowest BCUT2D eigenvalue weighted by molar-refractivity contribution is 0.249. The van der Waals surface area contributed by atoms with Crippen LogP contribution in [0, 0.1) is 0 Å². The quantitative estimate of drug-likeness (QED) is 0.888. The second-order valence-electron chi connectivity index (χ2n) is 4.57. The minimum Gasteiger partial charge on any atom is -0.496 e. The van der Waals surface area contributed by atoms with Crippen LogP contribution in [0.25, 0.3) is 0 Å². The lowest BCUT2D eigenvalue weighted by Crippen LogP contribution is -2.31. The first kappa shape index (κ1) is 15.2. The number of urea groups is 1. The molecular weight excluding hydrogens is 288 g/mol. The number of rotatable bonds is 4. The zero-order valence-corrected chi connectivity index (χ0v) is 12.6. The van der Waals surface area contributed by atoms with Crippen molar-refractivity contribution in [2.45, 2.75) is 13.0 Å². The Morgan fingerprint density at radius 2 is 1.95 bits per heavy atom. The predicted octanol–water partition coefficient (Wildman–Crippen LogP) is 4.23. The summed E-state index contributed by atoms with van der Waals surface area (Å²) in [4.78, 5) is 12.0. The Labute approximate surface area is 129 Å². The molecule has 2 N–H and O–H groups in total. The number of carbonyl (C=O) groups is 1. The van der Waals surface area contributed by atoms with Crippen molar-refractivity contribution in [3.8, 4) is 5.75 Å². The summed E-state index contributed by atoms with van der Waals surface area (Å²) in [5.41, 5.74) is 1.56. The molecule has 21 heavy (non-hydrogen) atoms. The molecule has 5 heteroatoms. The first-order chi connectivity index (χ1) is 10.1. The van der Waals surface area contributed by atoms with Crippen LogP contribution in [0.5, 0.6) is 5.75 Å². The van der Waals surface area contributed by atoms with Crippen molar-refractivity contribution in [1.29, 1.82) is 0 Å². The van der Waals surface area contributed by atoms with Gasteiger partial charge in [0, 0.05) is 16.3 Å². The summed E-state index contributed by atoms with van der Waals surface area (Å²) >= 11 is 5.88. The molecule has 0 aliphatic rings. The van der Waals surface area contributed by atoms with E-state index in [2.05, 4.69) is 10.6 Å². The largest absolute Gasteiger partial charge is 0.496 e. The number of carbonyl (C=O) groups excluding carboxylic acids is 1. The van der Waals surface area contributed by atoms with E-state index in [1.807, 2.05) is 31.2 Å². The molecule has 0 saturated heterocycles. The number of hydrogen-bond acceptors (Lipinski definition) is 2. The van der Waals surface area contributed by atoms with Crippen LogP contribution in [0.3, 0.4) is 0 Å². The van der Waals surface area contributed by atoms with Gasteiger partial charge in [0.2, 0.25) is 0 Å². The maximum absolute atomic E-state index is 12.0. The monoisotopic (exact) mass is 304 g/mol. The van der Waals surface area contributed by atoms with Gasteiger partial charge in [-0.05, 0) is 31.2 Å². The third kappa shape index (κ3) is 4.13. The van der Waals surface area contributed by atoms with Gasteiger partial charge in [-0.2, -0.15) is 0 Å². The Morgan fingerprint density at radius 1 is 1.19 bits per heavy atom. The number of amides is 2. The van der Waals surface area contributed by atoms with Crippen molar-refractivity contribution in [2.75, 3.05) is 12.4 Å². The zero-order chi connectivity index (χ0) is 15.2. The van der Waals surface area contributed by atoms with E-state index in [1.54, 1.807) is 31.4 Å². The van der Waals surface area contributed by atoms with Crippen LogP contribution in [0.1, 0.15) is 18.5 Å². The third-order valence-corrected chi connectivity index (χ3v) is 3.27. The maximum Gasteiger partial charge on any atom is 0.319 e. The molecule has 1 atom stereocenters. The standard InChI is InChI=1S/C16H17ClN2O2/c1-11(14-8-3-4-9-15(14)21-2)18-16(20)19-13-7-5-6-12(17)10-13/h3-11H,1-2H3,(H2,18,19,20)/t11-/m0/s1. The molecular formula is C16H17ClN2O2. The van der Waals surface area contributed by atoms with E-state index >= 15 is 0 Å². The zero-order valence-electron chi connectivity index (χ0n) is 11.9. The molecule has 0 fully saturated rings. The van der Waals surface area contributed by atoms with Gasteiger partial charge in [0.05, 0.1) is 13.2 Å². The van der Waals surface area contributed by atoms with E-state index in [0.29, 0.717) is 10.7 Å². The third-order valence-electron chi connectivity index (χ3n) is 3.04. The fourth-order valence-corrected chi connectivity index (χ4v) is 2.22. The molecule has 0 radical (unpaired) electrons. The van der Waals surface area contributed by atoms with Crippen molar-refractivity contribution in [2.24, 2.45) is 0 Å². The SMILES string of the molecule is COc1ccccc1[C@H](C)NC(=O)Nc1cccc(Cl)c1. The summed E-state index contributed by atoms with van der Waals surface area (Å²) in [6.07, 6.45) is 0.